The molecule has 0 aromatic carbocycles. The Hall–Kier alpha value is -1.18. The smallest absolute Gasteiger partial charge is 0.222 e. The zero-order valence-corrected chi connectivity index (χ0v) is 17.5. The van der Waals surface area contributed by atoms with E-state index >= 15 is 0 Å². The molecule has 7 nitrogen and oxygen atoms in total. The minimum absolute atomic E-state index is 0.0132. The highest BCUT2D eigenvalue weighted by atomic mass is 16.5. The van der Waals surface area contributed by atoms with Crippen LogP contribution in [0.1, 0.15) is 53.9 Å². The molecule has 0 atom stereocenters. The second-order valence-electron chi connectivity index (χ2n) is 7.80. The molecule has 154 valence electrons. The molecule has 0 aliphatic rings. The Morgan fingerprint density at radius 3 is 2.15 bits per heavy atom. The van der Waals surface area contributed by atoms with Crippen molar-refractivity contribution in [1.29, 1.82) is 0 Å². The van der Waals surface area contributed by atoms with Crippen LogP contribution in [0, 0.1) is 0 Å². The lowest BCUT2D eigenvalue weighted by atomic mass is 10.1. The highest BCUT2D eigenvalue weighted by Crippen LogP contribution is 1.99. The molecule has 2 amide bonds. The fourth-order valence-electron chi connectivity index (χ4n) is 2.07. The zero-order chi connectivity index (χ0) is 20.0. The van der Waals surface area contributed by atoms with Crippen LogP contribution in [0.2, 0.25) is 0 Å². The third kappa shape index (κ3) is 16.3. The maximum Gasteiger partial charge on any atom is 0.222 e. The maximum absolute atomic E-state index is 11.7. The minimum Gasteiger partial charge on any atom is -0.379 e. The van der Waals surface area contributed by atoms with E-state index in [0.717, 1.165) is 13.0 Å². The summed E-state index contributed by atoms with van der Waals surface area (Å²) in [7, 11) is 2.06. The fraction of sp³-hybridized carbons (Fsp3) is 0.895. The van der Waals surface area contributed by atoms with E-state index in [1.807, 2.05) is 20.8 Å². The first-order valence-electron chi connectivity index (χ1n) is 9.55. The number of amides is 2. The van der Waals surface area contributed by atoms with E-state index in [1.54, 1.807) is 0 Å². The second kappa shape index (κ2) is 13.9. The van der Waals surface area contributed by atoms with Gasteiger partial charge >= 0.3 is 0 Å². The van der Waals surface area contributed by atoms with E-state index in [9.17, 15) is 9.59 Å². The molecular formula is C19H39N3O4. The van der Waals surface area contributed by atoms with Crippen molar-refractivity contribution >= 4 is 11.8 Å². The van der Waals surface area contributed by atoms with Crippen molar-refractivity contribution in [2.45, 2.75) is 65.5 Å². The quantitative estimate of drug-likeness (QED) is 0.452. The molecule has 7 heteroatoms. The Morgan fingerprint density at radius 1 is 0.962 bits per heavy atom. The Labute approximate surface area is 159 Å². The summed E-state index contributed by atoms with van der Waals surface area (Å²) in [6.45, 7) is 13.3. The van der Waals surface area contributed by atoms with Crippen LogP contribution in [-0.4, -0.2) is 74.9 Å². The van der Waals surface area contributed by atoms with Crippen LogP contribution in [0.25, 0.3) is 0 Å². The second-order valence-corrected chi connectivity index (χ2v) is 7.80. The number of nitrogens with one attached hydrogen (secondary N) is 2. The Balaban J connectivity index is 3.40. The number of nitrogens with zero attached hydrogens (tertiary/aromatic N) is 1. The van der Waals surface area contributed by atoms with Crippen LogP contribution >= 0.6 is 0 Å². The third-order valence-electron chi connectivity index (χ3n) is 3.72. The van der Waals surface area contributed by atoms with Crippen LogP contribution in [-0.2, 0) is 19.1 Å². The van der Waals surface area contributed by atoms with Crippen molar-refractivity contribution in [3.05, 3.63) is 0 Å². The van der Waals surface area contributed by atoms with Gasteiger partial charge in [0.2, 0.25) is 11.8 Å². The molecule has 0 rings (SSSR count). The summed E-state index contributed by atoms with van der Waals surface area (Å²) in [5.74, 6) is 0.0487. The van der Waals surface area contributed by atoms with Crippen molar-refractivity contribution < 1.29 is 19.1 Å². The predicted octanol–water partition coefficient (Wildman–Crippen LogP) is 1.56. The van der Waals surface area contributed by atoms with Crippen molar-refractivity contribution in [3.8, 4) is 0 Å². The largest absolute Gasteiger partial charge is 0.379 e. The van der Waals surface area contributed by atoms with E-state index in [0.29, 0.717) is 51.9 Å². The van der Waals surface area contributed by atoms with Gasteiger partial charge in [0.15, 0.2) is 0 Å². The first-order chi connectivity index (χ1) is 12.1. The molecule has 0 spiro atoms. The molecule has 0 unspecified atom stereocenters. The number of carbonyl (C=O) groups is 2. The lowest BCUT2D eigenvalue weighted by molar-refractivity contribution is -0.123. The van der Waals surface area contributed by atoms with Gasteiger partial charge in [-0.3, -0.25) is 9.59 Å². The molecule has 26 heavy (non-hydrogen) atoms. The number of ether oxygens (including phenoxy) is 2. The van der Waals surface area contributed by atoms with Gasteiger partial charge in [-0.15, -0.1) is 0 Å². The van der Waals surface area contributed by atoms with Crippen LogP contribution in [0.15, 0.2) is 0 Å². The van der Waals surface area contributed by atoms with E-state index in [2.05, 4.69) is 36.4 Å². The highest BCUT2D eigenvalue weighted by molar-refractivity contribution is 5.76. The summed E-state index contributed by atoms with van der Waals surface area (Å²) in [5.41, 5.74) is -0.213. The molecular weight excluding hydrogens is 334 g/mol. The van der Waals surface area contributed by atoms with Gasteiger partial charge < -0.3 is 25.0 Å². The van der Waals surface area contributed by atoms with Gasteiger partial charge in [0.25, 0.3) is 0 Å². The fourth-order valence-corrected chi connectivity index (χ4v) is 2.07. The minimum atomic E-state index is -0.213. The number of rotatable bonds is 14. The summed E-state index contributed by atoms with van der Waals surface area (Å²) < 4.78 is 10.8. The van der Waals surface area contributed by atoms with Gasteiger partial charge in [0.05, 0.1) is 26.4 Å². The molecule has 0 aliphatic carbocycles. The number of hydrogen-bond donors (Lipinski definition) is 2. The van der Waals surface area contributed by atoms with Crippen LogP contribution in [0.4, 0.5) is 0 Å². The van der Waals surface area contributed by atoms with E-state index in [4.69, 9.17) is 9.47 Å². The van der Waals surface area contributed by atoms with Gasteiger partial charge in [0, 0.05) is 31.0 Å². The van der Waals surface area contributed by atoms with Crippen LogP contribution < -0.4 is 10.6 Å². The predicted molar refractivity (Wildman–Crippen MR) is 104 cm³/mol. The third-order valence-corrected chi connectivity index (χ3v) is 3.72. The van der Waals surface area contributed by atoms with Gasteiger partial charge in [0.1, 0.15) is 0 Å². The SMILES string of the molecule is CC(C)N(C)CCCC(=O)NCCOCCOCCC(=O)NC(C)(C)C. The lowest BCUT2D eigenvalue weighted by Gasteiger charge is -2.20. The summed E-state index contributed by atoms with van der Waals surface area (Å²) >= 11 is 0. The standard InChI is InChI=1S/C19H39N3O4/c1-16(2)22(6)11-7-8-17(23)20-10-13-26-15-14-25-12-9-18(24)21-19(3,4)5/h16H,7-15H2,1-6H3,(H,20,23)(H,21,24). The highest BCUT2D eigenvalue weighted by Gasteiger charge is 2.13. The molecule has 2 N–H and O–H groups in total. The van der Waals surface area contributed by atoms with Gasteiger partial charge in [-0.05, 0) is 54.6 Å². The topological polar surface area (TPSA) is 79.9 Å². The molecule has 0 saturated carbocycles. The molecule has 0 bridgehead atoms. The van der Waals surface area contributed by atoms with Crippen molar-refractivity contribution in [2.24, 2.45) is 0 Å². The number of hydrogen-bond acceptors (Lipinski definition) is 5. The van der Waals surface area contributed by atoms with E-state index in [1.165, 1.54) is 0 Å². The molecule has 0 radical (unpaired) electrons. The average Bonchev–Trinajstić information content (AvgIpc) is 2.51. The first kappa shape index (κ1) is 24.8. The lowest BCUT2D eigenvalue weighted by Crippen LogP contribution is -2.40. The molecule has 0 aromatic rings. The zero-order valence-electron chi connectivity index (χ0n) is 17.5. The Bertz CT molecular complexity index is 395. The van der Waals surface area contributed by atoms with E-state index < -0.39 is 0 Å². The monoisotopic (exact) mass is 373 g/mol. The van der Waals surface area contributed by atoms with E-state index in [-0.39, 0.29) is 17.4 Å². The maximum atomic E-state index is 11.7. The Kier molecular flexibility index (Phi) is 13.3. The Morgan fingerprint density at radius 2 is 1.58 bits per heavy atom. The summed E-state index contributed by atoms with van der Waals surface area (Å²) in [4.78, 5) is 25.5. The summed E-state index contributed by atoms with van der Waals surface area (Å²) in [5, 5.41) is 5.73. The molecule has 0 fully saturated rings. The van der Waals surface area contributed by atoms with Gasteiger partial charge in [-0.25, -0.2) is 0 Å². The van der Waals surface area contributed by atoms with Gasteiger partial charge in [-0.1, -0.05) is 0 Å². The molecule has 0 heterocycles. The van der Waals surface area contributed by atoms with Crippen molar-refractivity contribution in [3.63, 3.8) is 0 Å². The normalized spacial score (nSPS) is 11.8. The molecule has 0 saturated heterocycles. The van der Waals surface area contributed by atoms with Gasteiger partial charge in [-0.2, -0.15) is 0 Å². The average molecular weight is 374 g/mol. The molecule has 0 aromatic heterocycles. The van der Waals surface area contributed by atoms with Crippen molar-refractivity contribution in [2.75, 3.05) is 46.6 Å². The van der Waals surface area contributed by atoms with Crippen molar-refractivity contribution in [1.82, 2.24) is 15.5 Å². The first-order valence-corrected chi connectivity index (χ1v) is 9.55. The summed E-state index contributed by atoms with van der Waals surface area (Å²) in [6, 6.07) is 0.501. The summed E-state index contributed by atoms with van der Waals surface area (Å²) in [6.07, 6.45) is 1.74. The molecule has 0 aliphatic heterocycles. The van der Waals surface area contributed by atoms with Crippen LogP contribution in [0.5, 0.6) is 0 Å². The van der Waals surface area contributed by atoms with Crippen LogP contribution in [0.3, 0.4) is 0 Å². The number of carbonyl (C=O) groups excluding carboxylic acids is 2.